The van der Waals surface area contributed by atoms with Crippen molar-refractivity contribution in [1.29, 1.82) is 0 Å². The Morgan fingerprint density at radius 3 is 2.70 bits per heavy atom. The highest BCUT2D eigenvalue weighted by molar-refractivity contribution is 5.97. The average molecular weight is 284 g/mol. The number of halogens is 1. The molecule has 0 amide bonds. The Balaban J connectivity index is 2.53. The van der Waals surface area contributed by atoms with Crippen LogP contribution in [0.15, 0.2) is 23.4 Å². The summed E-state index contributed by atoms with van der Waals surface area (Å²) in [6.07, 6.45) is 0.716. The van der Waals surface area contributed by atoms with E-state index in [4.69, 9.17) is 20.4 Å². The van der Waals surface area contributed by atoms with Crippen molar-refractivity contribution < 1.29 is 19.1 Å². The van der Waals surface area contributed by atoms with E-state index in [0.29, 0.717) is 24.2 Å². The van der Waals surface area contributed by atoms with Crippen LogP contribution in [0.4, 0.5) is 4.39 Å². The molecule has 0 unspecified atom stereocenters. The molecule has 112 valence electrons. The highest BCUT2D eigenvalue weighted by atomic mass is 19.1. The zero-order valence-corrected chi connectivity index (χ0v) is 12.0. The maximum Gasteiger partial charge on any atom is 0.170 e. The smallest absolute Gasteiger partial charge is 0.170 e. The van der Waals surface area contributed by atoms with Crippen LogP contribution < -0.4 is 5.73 Å². The lowest BCUT2D eigenvalue weighted by Crippen LogP contribution is -2.24. The minimum atomic E-state index is -0.444. The van der Waals surface area contributed by atoms with Gasteiger partial charge in [0.25, 0.3) is 0 Å². The molecule has 5 nitrogen and oxygen atoms in total. The molecule has 0 aliphatic heterocycles. The van der Waals surface area contributed by atoms with Gasteiger partial charge in [-0.3, -0.25) is 0 Å². The van der Waals surface area contributed by atoms with Gasteiger partial charge in [0.1, 0.15) is 5.82 Å². The van der Waals surface area contributed by atoms with Crippen molar-refractivity contribution in [3.8, 4) is 0 Å². The first-order valence-electron chi connectivity index (χ1n) is 6.29. The fourth-order valence-corrected chi connectivity index (χ4v) is 1.48. The van der Waals surface area contributed by atoms with Crippen molar-refractivity contribution in [1.82, 2.24) is 0 Å². The molecule has 0 atom stereocenters. The molecule has 0 aliphatic rings. The molecule has 0 aliphatic carbocycles. The number of nitrogens with two attached hydrogens (primary N) is 1. The average Bonchev–Trinajstić information content (AvgIpc) is 2.44. The molecular weight excluding hydrogens is 263 g/mol. The number of oxime groups is 1. The highest BCUT2D eigenvalue weighted by Crippen LogP contribution is 2.15. The summed E-state index contributed by atoms with van der Waals surface area (Å²) in [5, 5.41) is 11.3. The van der Waals surface area contributed by atoms with E-state index in [1.807, 2.05) is 13.8 Å². The molecule has 0 fully saturated rings. The highest BCUT2D eigenvalue weighted by Gasteiger charge is 2.15. The molecule has 0 heterocycles. The van der Waals surface area contributed by atoms with E-state index in [1.165, 1.54) is 6.07 Å². The second kappa shape index (κ2) is 7.21. The first-order chi connectivity index (χ1) is 9.39. The van der Waals surface area contributed by atoms with Crippen molar-refractivity contribution in [2.24, 2.45) is 10.9 Å². The summed E-state index contributed by atoms with van der Waals surface area (Å²) in [7, 11) is 1.64. The van der Waals surface area contributed by atoms with Gasteiger partial charge in [-0.1, -0.05) is 17.3 Å². The predicted molar refractivity (Wildman–Crippen MR) is 74.3 cm³/mol. The van der Waals surface area contributed by atoms with E-state index in [1.54, 1.807) is 19.2 Å². The van der Waals surface area contributed by atoms with Crippen LogP contribution in [0.1, 0.15) is 31.4 Å². The normalized spacial score (nSPS) is 12.7. The first-order valence-corrected chi connectivity index (χ1v) is 6.29. The summed E-state index contributed by atoms with van der Waals surface area (Å²) in [6.45, 7) is 4.57. The summed E-state index contributed by atoms with van der Waals surface area (Å²) < 4.78 is 24.5. The monoisotopic (exact) mass is 284 g/mol. The van der Waals surface area contributed by atoms with Gasteiger partial charge >= 0.3 is 0 Å². The number of hydrogen-bond acceptors (Lipinski definition) is 4. The Kier molecular flexibility index (Phi) is 5.91. The van der Waals surface area contributed by atoms with E-state index < -0.39 is 5.82 Å². The van der Waals surface area contributed by atoms with E-state index in [2.05, 4.69) is 5.16 Å². The number of benzene rings is 1. The summed E-state index contributed by atoms with van der Waals surface area (Å²) in [5.41, 5.74) is 5.88. The van der Waals surface area contributed by atoms with Crippen LogP contribution in [-0.2, 0) is 16.1 Å². The van der Waals surface area contributed by atoms with Crippen LogP contribution in [0.3, 0.4) is 0 Å². The summed E-state index contributed by atoms with van der Waals surface area (Å²) in [4.78, 5) is 0. The fourth-order valence-electron chi connectivity index (χ4n) is 1.48. The number of nitrogens with zero attached hydrogens (tertiary/aromatic N) is 1. The van der Waals surface area contributed by atoms with Gasteiger partial charge in [-0.05, 0) is 26.3 Å². The van der Waals surface area contributed by atoms with E-state index in [9.17, 15) is 4.39 Å². The minimum Gasteiger partial charge on any atom is -0.409 e. The Labute approximate surface area is 118 Å². The number of hydrogen-bond donors (Lipinski definition) is 2. The van der Waals surface area contributed by atoms with Crippen LogP contribution in [0.25, 0.3) is 0 Å². The Hall–Kier alpha value is -1.66. The van der Waals surface area contributed by atoms with E-state index in [-0.39, 0.29) is 18.0 Å². The van der Waals surface area contributed by atoms with Crippen molar-refractivity contribution in [3.63, 3.8) is 0 Å². The Bertz CT molecular complexity index is 475. The molecule has 1 aromatic rings. The van der Waals surface area contributed by atoms with Crippen LogP contribution in [0, 0.1) is 5.82 Å². The SMILES string of the molecule is COC(C)(C)CCOCc1ccc(/C(N)=N/O)cc1F. The van der Waals surface area contributed by atoms with Crippen molar-refractivity contribution >= 4 is 5.84 Å². The Morgan fingerprint density at radius 2 is 2.15 bits per heavy atom. The van der Waals surface area contributed by atoms with Gasteiger partial charge in [0.05, 0.1) is 12.2 Å². The predicted octanol–water partition coefficient (Wildman–Crippen LogP) is 2.25. The van der Waals surface area contributed by atoms with Gasteiger partial charge in [-0.15, -0.1) is 0 Å². The lowest BCUT2D eigenvalue weighted by molar-refractivity contribution is -0.0127. The molecule has 0 spiro atoms. The molecule has 0 bridgehead atoms. The molecule has 6 heteroatoms. The number of ether oxygens (including phenoxy) is 2. The van der Waals surface area contributed by atoms with Gasteiger partial charge in [0.2, 0.25) is 0 Å². The lowest BCUT2D eigenvalue weighted by atomic mass is 10.1. The van der Waals surface area contributed by atoms with Crippen molar-refractivity contribution in [3.05, 3.63) is 35.1 Å². The topological polar surface area (TPSA) is 77.1 Å². The molecule has 0 saturated heterocycles. The maximum atomic E-state index is 13.8. The lowest BCUT2D eigenvalue weighted by Gasteiger charge is -2.22. The largest absolute Gasteiger partial charge is 0.409 e. The van der Waals surface area contributed by atoms with Gasteiger partial charge in [0, 0.05) is 24.8 Å². The second-order valence-electron chi connectivity index (χ2n) is 5.06. The fraction of sp³-hybridized carbons (Fsp3) is 0.500. The molecule has 0 saturated carbocycles. The summed E-state index contributed by atoms with van der Waals surface area (Å²) in [5.74, 6) is -0.571. The number of amidine groups is 1. The van der Waals surface area contributed by atoms with Gasteiger partial charge in [-0.25, -0.2) is 4.39 Å². The standard InChI is InChI=1S/C14H21FN2O3/c1-14(2,19-3)6-7-20-9-11-5-4-10(8-12(11)15)13(16)17-18/h4-5,8,18H,6-7,9H2,1-3H3,(H2,16,17). The molecular formula is C14H21FN2O3. The van der Waals surface area contributed by atoms with Crippen LogP contribution in [0.2, 0.25) is 0 Å². The van der Waals surface area contributed by atoms with Crippen molar-refractivity contribution in [2.45, 2.75) is 32.5 Å². The third kappa shape index (κ3) is 4.79. The first kappa shape index (κ1) is 16.4. The third-order valence-corrected chi connectivity index (χ3v) is 3.12. The molecule has 3 N–H and O–H groups in total. The zero-order valence-electron chi connectivity index (χ0n) is 12.0. The number of methoxy groups -OCH3 is 1. The van der Waals surface area contributed by atoms with Gasteiger partial charge in [-0.2, -0.15) is 0 Å². The van der Waals surface area contributed by atoms with Crippen LogP contribution in [0.5, 0.6) is 0 Å². The zero-order chi connectivity index (χ0) is 15.2. The number of rotatable bonds is 7. The third-order valence-electron chi connectivity index (χ3n) is 3.12. The Morgan fingerprint density at radius 1 is 1.45 bits per heavy atom. The van der Waals surface area contributed by atoms with Crippen LogP contribution in [-0.4, -0.2) is 30.4 Å². The molecule has 0 aromatic heterocycles. The molecule has 1 aromatic carbocycles. The molecule has 1 rings (SSSR count). The second-order valence-corrected chi connectivity index (χ2v) is 5.06. The summed E-state index contributed by atoms with van der Waals surface area (Å²) >= 11 is 0. The van der Waals surface area contributed by atoms with E-state index in [0.717, 1.165) is 0 Å². The van der Waals surface area contributed by atoms with Crippen molar-refractivity contribution in [2.75, 3.05) is 13.7 Å². The van der Waals surface area contributed by atoms with E-state index >= 15 is 0 Å². The van der Waals surface area contributed by atoms with Gasteiger partial charge < -0.3 is 20.4 Å². The van der Waals surface area contributed by atoms with Gasteiger partial charge in [0.15, 0.2) is 5.84 Å². The van der Waals surface area contributed by atoms with Crippen LogP contribution >= 0.6 is 0 Å². The maximum absolute atomic E-state index is 13.8. The molecule has 20 heavy (non-hydrogen) atoms. The summed E-state index contributed by atoms with van der Waals surface area (Å²) in [6, 6.07) is 4.35. The quantitative estimate of drug-likeness (QED) is 0.265. The minimum absolute atomic E-state index is 0.127. The molecule has 0 radical (unpaired) electrons.